The van der Waals surface area contributed by atoms with Gasteiger partial charge in [-0.1, -0.05) is 23.7 Å². The average molecular weight is 458 g/mol. The molecule has 0 spiro atoms. The fourth-order valence-corrected chi connectivity index (χ4v) is 3.44. The summed E-state index contributed by atoms with van der Waals surface area (Å²) in [4.78, 5) is 25.5. The monoisotopic (exact) mass is 457 g/mol. The Labute approximate surface area is 186 Å². The largest absolute Gasteiger partial charge is 0.378 e. The molecular formula is C20H17ClFN7O3. The molecule has 2 N–H and O–H groups in total. The van der Waals surface area contributed by atoms with Crippen LogP contribution in [-0.4, -0.2) is 54.4 Å². The number of amides is 2. The molecule has 2 aromatic carbocycles. The number of nitrogens with one attached hydrogen (secondary N) is 1. The van der Waals surface area contributed by atoms with Crippen molar-refractivity contribution in [2.24, 2.45) is 5.10 Å². The quantitative estimate of drug-likeness (QED) is 0.576. The lowest BCUT2D eigenvalue weighted by Crippen LogP contribution is -2.46. The van der Waals surface area contributed by atoms with Crippen LogP contribution in [0.4, 0.5) is 4.39 Å². The van der Waals surface area contributed by atoms with Crippen LogP contribution in [-0.2, 0) is 16.1 Å². The summed E-state index contributed by atoms with van der Waals surface area (Å²) in [6.07, 6.45) is 1.44. The van der Waals surface area contributed by atoms with E-state index in [0.29, 0.717) is 16.3 Å². The third-order valence-electron chi connectivity index (χ3n) is 4.87. The number of tetrazole rings is 1. The molecule has 0 bridgehead atoms. The molecule has 1 aliphatic rings. The van der Waals surface area contributed by atoms with Gasteiger partial charge in [-0.15, -0.1) is 5.10 Å². The van der Waals surface area contributed by atoms with Crippen molar-refractivity contribution < 1.29 is 19.1 Å². The van der Waals surface area contributed by atoms with Crippen molar-refractivity contribution in [1.82, 2.24) is 30.5 Å². The minimum atomic E-state index is -1.58. The van der Waals surface area contributed by atoms with Crippen LogP contribution in [0.1, 0.15) is 23.7 Å². The molecule has 1 unspecified atom stereocenters. The molecule has 3 aromatic rings. The molecule has 1 aliphatic heterocycles. The van der Waals surface area contributed by atoms with E-state index in [2.05, 4.69) is 25.9 Å². The van der Waals surface area contributed by atoms with Crippen LogP contribution >= 0.6 is 11.6 Å². The van der Waals surface area contributed by atoms with Crippen LogP contribution in [0.15, 0.2) is 53.9 Å². The Balaban J connectivity index is 1.45. The van der Waals surface area contributed by atoms with Crippen molar-refractivity contribution in [3.8, 4) is 5.69 Å². The number of carbonyl (C=O) groups is 2. The normalized spacial score (nSPS) is 16.2. The molecule has 0 fully saturated rings. The number of aliphatic hydroxyl groups excluding tert-OH is 1. The van der Waals surface area contributed by atoms with E-state index in [4.69, 9.17) is 11.6 Å². The highest BCUT2D eigenvalue weighted by atomic mass is 35.5. The number of aromatic nitrogens is 4. The molecule has 2 atom stereocenters. The van der Waals surface area contributed by atoms with Gasteiger partial charge in [0.05, 0.1) is 5.69 Å². The highest BCUT2D eigenvalue weighted by molar-refractivity contribution is 6.30. The highest BCUT2D eigenvalue weighted by Gasteiger charge is 2.36. The number of aliphatic hydroxyl groups is 1. The zero-order valence-corrected chi connectivity index (χ0v) is 17.2. The summed E-state index contributed by atoms with van der Waals surface area (Å²) in [5.74, 6) is -1.75. The van der Waals surface area contributed by atoms with E-state index in [0.717, 1.165) is 17.1 Å². The Kier molecular flexibility index (Phi) is 6.19. The van der Waals surface area contributed by atoms with Gasteiger partial charge in [-0.05, 0) is 51.9 Å². The average Bonchev–Trinajstić information content (AvgIpc) is 3.49. The summed E-state index contributed by atoms with van der Waals surface area (Å²) in [5.41, 5.74) is 1.48. The van der Waals surface area contributed by atoms with E-state index < -0.39 is 29.8 Å². The topological polar surface area (TPSA) is 126 Å². The van der Waals surface area contributed by atoms with Crippen molar-refractivity contribution >= 4 is 29.6 Å². The van der Waals surface area contributed by atoms with E-state index in [1.54, 1.807) is 18.2 Å². The van der Waals surface area contributed by atoms with Gasteiger partial charge in [0.25, 0.3) is 5.91 Å². The second kappa shape index (κ2) is 9.20. The molecule has 0 radical (unpaired) electrons. The number of halogens is 2. The number of hydrogen-bond acceptors (Lipinski definition) is 7. The first-order valence-corrected chi connectivity index (χ1v) is 9.90. The molecule has 10 nitrogen and oxygen atoms in total. The van der Waals surface area contributed by atoms with Gasteiger partial charge in [0.2, 0.25) is 5.91 Å². The van der Waals surface area contributed by atoms with Crippen molar-refractivity contribution in [2.75, 3.05) is 0 Å². The van der Waals surface area contributed by atoms with Crippen molar-refractivity contribution in [3.05, 3.63) is 70.8 Å². The van der Waals surface area contributed by atoms with E-state index in [1.165, 1.54) is 29.4 Å². The second-order valence-electron chi connectivity index (χ2n) is 6.93. The molecule has 12 heteroatoms. The second-order valence-corrected chi connectivity index (χ2v) is 7.37. The first kappa shape index (κ1) is 21.5. The Morgan fingerprint density at radius 2 is 2.03 bits per heavy atom. The summed E-state index contributed by atoms with van der Waals surface area (Å²) >= 11 is 6.09. The summed E-state index contributed by atoms with van der Waals surface area (Å²) in [7, 11) is 0. The fourth-order valence-electron chi connectivity index (χ4n) is 3.25. The smallest absolute Gasteiger partial charge is 0.276 e. The molecule has 2 heterocycles. The number of hydrazone groups is 1. The van der Waals surface area contributed by atoms with Gasteiger partial charge in [0, 0.05) is 24.2 Å². The molecule has 4 rings (SSSR count). The summed E-state index contributed by atoms with van der Waals surface area (Å²) in [6, 6.07) is 8.99. The number of nitrogens with zero attached hydrogens (tertiary/aromatic N) is 6. The molecule has 32 heavy (non-hydrogen) atoms. The maximum Gasteiger partial charge on any atom is 0.276 e. The third kappa shape index (κ3) is 4.48. The van der Waals surface area contributed by atoms with Crippen molar-refractivity contribution in [2.45, 2.75) is 25.1 Å². The highest BCUT2D eigenvalue weighted by Crippen LogP contribution is 2.22. The number of rotatable bonds is 6. The molecule has 0 saturated carbocycles. The van der Waals surface area contributed by atoms with Crippen LogP contribution < -0.4 is 5.32 Å². The van der Waals surface area contributed by atoms with Gasteiger partial charge in [-0.25, -0.2) is 14.1 Å². The first-order chi connectivity index (χ1) is 15.4. The van der Waals surface area contributed by atoms with E-state index in [-0.39, 0.29) is 18.5 Å². The molecular weight excluding hydrogens is 441 g/mol. The Morgan fingerprint density at radius 3 is 2.75 bits per heavy atom. The van der Waals surface area contributed by atoms with Gasteiger partial charge in [0.15, 0.2) is 6.10 Å². The zero-order chi connectivity index (χ0) is 22.7. The Bertz CT molecular complexity index is 1150. The lowest BCUT2D eigenvalue weighted by molar-refractivity contribution is -0.146. The molecule has 2 amide bonds. The maximum atomic E-state index is 13.1. The molecule has 164 valence electrons. The van der Waals surface area contributed by atoms with Gasteiger partial charge in [-0.3, -0.25) is 9.59 Å². The third-order valence-corrected chi connectivity index (χ3v) is 5.10. The summed E-state index contributed by atoms with van der Waals surface area (Å²) in [5, 5.41) is 29.5. The van der Waals surface area contributed by atoms with Crippen molar-refractivity contribution in [1.29, 1.82) is 0 Å². The van der Waals surface area contributed by atoms with Crippen LogP contribution in [0.5, 0.6) is 0 Å². The van der Waals surface area contributed by atoms with Crippen LogP contribution in [0, 0.1) is 5.82 Å². The SMILES string of the molecule is O=C(NCc1cc(Cl)ccc1-n1cnnn1)C1CC=NN1C(=O)[C@@H](O)c1ccc(F)cc1. The molecule has 0 saturated heterocycles. The lowest BCUT2D eigenvalue weighted by Gasteiger charge is -2.24. The predicted octanol–water partition coefficient (Wildman–Crippen LogP) is 1.39. The van der Waals surface area contributed by atoms with Gasteiger partial charge < -0.3 is 10.4 Å². The zero-order valence-electron chi connectivity index (χ0n) is 16.5. The molecule has 1 aromatic heterocycles. The molecule has 0 aliphatic carbocycles. The first-order valence-electron chi connectivity index (χ1n) is 9.52. The minimum Gasteiger partial charge on any atom is -0.378 e. The van der Waals surface area contributed by atoms with E-state index >= 15 is 0 Å². The number of benzene rings is 2. The Hall–Kier alpha value is -3.70. The van der Waals surface area contributed by atoms with Gasteiger partial charge in [-0.2, -0.15) is 5.10 Å². The van der Waals surface area contributed by atoms with Crippen molar-refractivity contribution in [3.63, 3.8) is 0 Å². The van der Waals surface area contributed by atoms with E-state index in [1.807, 2.05) is 0 Å². The minimum absolute atomic E-state index is 0.0909. The maximum absolute atomic E-state index is 13.1. The number of hydrogen-bond donors (Lipinski definition) is 2. The fraction of sp³-hybridized carbons (Fsp3) is 0.200. The van der Waals surface area contributed by atoms with Crippen LogP contribution in [0.3, 0.4) is 0 Å². The Morgan fingerprint density at radius 1 is 1.25 bits per heavy atom. The van der Waals surface area contributed by atoms with Gasteiger partial charge >= 0.3 is 0 Å². The van der Waals surface area contributed by atoms with Crippen LogP contribution in [0.25, 0.3) is 5.69 Å². The van der Waals surface area contributed by atoms with Gasteiger partial charge in [0.1, 0.15) is 18.2 Å². The predicted molar refractivity (Wildman–Crippen MR) is 111 cm³/mol. The summed E-state index contributed by atoms with van der Waals surface area (Å²) < 4.78 is 14.5. The van der Waals surface area contributed by atoms with E-state index in [9.17, 15) is 19.1 Å². The lowest BCUT2D eigenvalue weighted by atomic mass is 10.1. The standard InChI is InChI=1S/C20H17ClFN7O3/c21-14-3-6-16(28-11-24-26-27-28)13(9-14)10-23-19(31)17-7-8-25-29(17)20(32)18(30)12-1-4-15(22)5-2-12/h1-6,8-9,11,17-18,30H,7,10H2,(H,23,31)/t17?,18-/m0/s1. The number of carbonyl (C=O) groups excluding carboxylic acids is 2. The van der Waals surface area contributed by atoms with Crippen LogP contribution in [0.2, 0.25) is 5.02 Å². The summed E-state index contributed by atoms with van der Waals surface area (Å²) in [6.45, 7) is 0.0909.